The van der Waals surface area contributed by atoms with E-state index in [1.165, 1.54) is 42.9 Å². The number of nitro groups is 1. The van der Waals surface area contributed by atoms with Gasteiger partial charge in [-0.1, -0.05) is 38.1 Å². The number of ether oxygens (including phenoxy) is 3. The maximum absolute atomic E-state index is 14.5. The van der Waals surface area contributed by atoms with E-state index in [0.717, 1.165) is 62.6 Å². The van der Waals surface area contributed by atoms with Gasteiger partial charge in [0.1, 0.15) is 24.6 Å². The number of hydrogen-bond acceptors (Lipinski definition) is 14. The number of amides is 1. The minimum absolute atomic E-state index is 0.00360. The number of benzene rings is 3. The van der Waals surface area contributed by atoms with Crippen LogP contribution in [0.1, 0.15) is 125 Å². The molecule has 17 nitrogen and oxygen atoms in total. The Labute approximate surface area is 427 Å². The smallest absolute Gasteiger partial charge is 0.297 e. The fourth-order valence-corrected chi connectivity index (χ4v) is 13.6. The van der Waals surface area contributed by atoms with Crippen LogP contribution in [0.3, 0.4) is 0 Å². The zero-order valence-electron chi connectivity index (χ0n) is 42.3. The number of aromatic amines is 1. The Kier molecular flexibility index (Phi) is 13.1. The molecule has 2 aromatic heterocycles. The van der Waals surface area contributed by atoms with E-state index < -0.39 is 37.0 Å². The summed E-state index contributed by atoms with van der Waals surface area (Å²) in [7, 11) is -2.68. The van der Waals surface area contributed by atoms with Gasteiger partial charge in [-0.15, -0.1) is 0 Å². The van der Waals surface area contributed by atoms with Crippen LogP contribution in [0.5, 0.6) is 23.1 Å². The number of likely N-dealkylation sites (N-methyl/N-ethyl adjacent to an activating group) is 1. The lowest BCUT2D eigenvalue weighted by atomic mass is 9.59. The highest BCUT2D eigenvalue weighted by Crippen LogP contribution is 2.55. The van der Waals surface area contributed by atoms with E-state index in [1.54, 1.807) is 24.4 Å². The van der Waals surface area contributed by atoms with Crippen LogP contribution in [-0.2, 0) is 10.0 Å². The van der Waals surface area contributed by atoms with Gasteiger partial charge in [0.15, 0.2) is 17.2 Å². The van der Waals surface area contributed by atoms with Gasteiger partial charge in [-0.25, -0.2) is 13.1 Å². The molecule has 2 aliphatic carbocycles. The second-order valence-electron chi connectivity index (χ2n) is 22.4. The number of aliphatic hydroxyl groups is 1. The Morgan fingerprint density at radius 3 is 2.49 bits per heavy atom. The summed E-state index contributed by atoms with van der Waals surface area (Å²) < 4.78 is 49.6. The molecule has 11 rings (SSSR count). The van der Waals surface area contributed by atoms with Crippen molar-refractivity contribution in [1.29, 1.82) is 0 Å². The lowest BCUT2D eigenvalue weighted by Gasteiger charge is -2.56. The average molecular weight is 1020 g/mol. The number of nitrogens with one attached hydrogen (secondary N) is 3. The first-order valence-corrected chi connectivity index (χ1v) is 27.7. The number of fused-ring (bicyclic) bond motifs is 2. The molecule has 3 aromatic carbocycles. The van der Waals surface area contributed by atoms with Crippen LogP contribution in [0, 0.1) is 21.4 Å². The minimum atomic E-state index is -4.71. The Hall–Kier alpha value is -5.95. The monoisotopic (exact) mass is 1020 g/mol. The summed E-state index contributed by atoms with van der Waals surface area (Å²) in [5.74, 6) is 0.157. The number of likely N-dealkylation sites (tertiary alicyclic amines) is 2. The second kappa shape index (κ2) is 19.4. The van der Waals surface area contributed by atoms with Crippen molar-refractivity contribution in [2.75, 3.05) is 56.7 Å². The predicted molar refractivity (Wildman–Crippen MR) is 278 cm³/mol. The molecule has 6 heterocycles. The third-order valence-electron chi connectivity index (χ3n) is 17.2. The largest absolute Gasteiger partial charge is 0.489 e. The fourth-order valence-electron chi connectivity index (χ4n) is 12.6. The lowest BCUT2D eigenvalue weighted by molar-refractivity contribution is -0.384. The Balaban J connectivity index is 0.841. The van der Waals surface area contributed by atoms with Gasteiger partial charge >= 0.3 is 0 Å². The van der Waals surface area contributed by atoms with Crippen molar-refractivity contribution in [3.8, 4) is 23.1 Å². The summed E-state index contributed by atoms with van der Waals surface area (Å²) in [6, 6.07) is 20.9. The Morgan fingerprint density at radius 2 is 1.77 bits per heavy atom. The number of sulfonamides is 1. The number of anilines is 2. The summed E-state index contributed by atoms with van der Waals surface area (Å²) in [4.78, 5) is 41.0. The van der Waals surface area contributed by atoms with E-state index in [2.05, 4.69) is 67.8 Å². The van der Waals surface area contributed by atoms with Crippen LogP contribution in [-0.4, -0.2) is 114 Å². The zero-order valence-corrected chi connectivity index (χ0v) is 43.1. The second-order valence-corrected chi connectivity index (χ2v) is 24.0. The van der Waals surface area contributed by atoms with E-state index in [9.17, 15) is 28.4 Å². The molecular formula is C55H68N8O9S. The zero-order chi connectivity index (χ0) is 50.8. The highest BCUT2D eigenvalue weighted by molar-refractivity contribution is 7.90. The first-order valence-electron chi connectivity index (χ1n) is 26.3. The number of pyridine rings is 1. The molecule has 0 radical (unpaired) electrons. The van der Waals surface area contributed by atoms with Crippen molar-refractivity contribution in [2.45, 2.75) is 132 Å². The molecule has 18 heteroatoms. The molecule has 6 aliphatic rings. The molecular weight excluding hydrogens is 949 g/mol. The van der Waals surface area contributed by atoms with Crippen molar-refractivity contribution in [2.24, 2.45) is 11.3 Å². The van der Waals surface area contributed by atoms with Gasteiger partial charge in [0, 0.05) is 66.7 Å². The number of H-pyrrole nitrogens is 1. The highest BCUT2D eigenvalue weighted by Gasteiger charge is 2.50. The summed E-state index contributed by atoms with van der Waals surface area (Å²) in [6.45, 7) is 10.6. The Bertz CT molecular complexity index is 3010. The maximum Gasteiger partial charge on any atom is 0.297 e. The van der Waals surface area contributed by atoms with E-state index in [-0.39, 0.29) is 64.4 Å². The lowest BCUT2D eigenvalue weighted by Crippen LogP contribution is -2.54. The summed E-state index contributed by atoms with van der Waals surface area (Å²) >= 11 is 0. The first kappa shape index (κ1) is 49.3. The molecule has 2 saturated carbocycles. The summed E-state index contributed by atoms with van der Waals surface area (Å²) in [5, 5.41) is 27.0. The minimum Gasteiger partial charge on any atom is -0.489 e. The number of nitro benzene ring substituents is 1. The van der Waals surface area contributed by atoms with E-state index >= 15 is 0 Å². The maximum atomic E-state index is 14.5. The third kappa shape index (κ3) is 9.83. The Morgan fingerprint density at radius 1 is 0.986 bits per heavy atom. The van der Waals surface area contributed by atoms with Crippen molar-refractivity contribution in [1.82, 2.24) is 24.5 Å². The standard InChI is InChI=1S/C55H68N8O9S/c1-34(2)41-8-5-6-9-42(41)45-10-7-22-62(45)39-30-55(31-39)19-24-61(25-20-55)37-11-12-43(47(27-37)72-49-26-36-15-21-56-51(36)58-53(49)71-32-38-16-23-60(38)4)52(64)59-73(68,69)40-28-46(63(66)67)50-48(29-40)70-33-44(57-50)35-13-17-54(3,65)18-14-35/h5-6,8-9,11-12,15,21,26-29,34-35,38-39,44-45,57,65H,7,10,13-14,16-20,22-25,30-33H2,1-4H3,(H,56,58)(H,59,64)/t35-,38-,44+,45-,54-/m0/s1. The molecule has 5 aromatic rings. The molecule has 3 atom stereocenters. The molecule has 5 fully saturated rings. The molecule has 388 valence electrons. The number of hydrogen-bond donors (Lipinski definition) is 4. The van der Waals surface area contributed by atoms with Crippen LogP contribution in [0.25, 0.3) is 11.0 Å². The topological polar surface area (TPSA) is 205 Å². The van der Waals surface area contributed by atoms with E-state index in [1.807, 2.05) is 26.1 Å². The van der Waals surface area contributed by atoms with Gasteiger partial charge in [-0.05, 0) is 150 Å². The van der Waals surface area contributed by atoms with Crippen LogP contribution in [0.15, 0.2) is 77.8 Å². The van der Waals surface area contributed by atoms with Gasteiger partial charge in [0.25, 0.3) is 27.5 Å². The number of aromatic nitrogens is 2. The number of nitrogens with zero attached hydrogens (tertiary/aromatic N) is 5. The molecule has 0 bridgehead atoms. The number of carbonyl (C=O) groups is 1. The SMILES string of the molecule is CC(C)c1ccccc1[C@@H]1CCCN1C1CC2(CCN(c3ccc(C(=O)NS(=O)(=O)c4cc5c(c([N+](=O)[O-])c4)N[C@@H]([C@H]4CC[C@](C)(O)CC4)CO5)c(Oc4cc5cc[nH]c5nc4OC[C@@H]4CCN4C)c3)CC2)C1. The van der Waals surface area contributed by atoms with Crippen LogP contribution in [0.4, 0.5) is 17.1 Å². The van der Waals surface area contributed by atoms with Crippen LogP contribution in [0.2, 0.25) is 0 Å². The van der Waals surface area contributed by atoms with Gasteiger partial charge in [-0.2, -0.15) is 4.98 Å². The summed E-state index contributed by atoms with van der Waals surface area (Å²) in [5.41, 5.74) is 3.40. The predicted octanol–water partition coefficient (Wildman–Crippen LogP) is 9.29. The number of carbonyl (C=O) groups excluding carboxylic acids is 1. The van der Waals surface area contributed by atoms with E-state index in [0.29, 0.717) is 55.9 Å². The molecule has 73 heavy (non-hydrogen) atoms. The molecule has 0 unspecified atom stereocenters. The van der Waals surface area contributed by atoms with Gasteiger partial charge in [-0.3, -0.25) is 24.7 Å². The van der Waals surface area contributed by atoms with Crippen LogP contribution < -0.4 is 29.1 Å². The fraction of sp³-hybridized carbons (Fsp3) is 0.527. The van der Waals surface area contributed by atoms with Gasteiger partial charge in [0.05, 0.1) is 27.0 Å². The van der Waals surface area contributed by atoms with Crippen LogP contribution >= 0.6 is 0 Å². The van der Waals surface area contributed by atoms with Crippen molar-refractivity contribution in [3.63, 3.8) is 0 Å². The molecule has 4 aliphatic heterocycles. The number of rotatable bonds is 14. The highest BCUT2D eigenvalue weighted by atomic mass is 32.2. The molecule has 1 amide bonds. The van der Waals surface area contributed by atoms with E-state index in [4.69, 9.17) is 19.2 Å². The molecule has 4 N–H and O–H groups in total. The van der Waals surface area contributed by atoms with Gasteiger partial charge < -0.3 is 34.5 Å². The normalized spacial score (nSPS) is 25.4. The van der Waals surface area contributed by atoms with Crippen molar-refractivity contribution in [3.05, 3.63) is 99.7 Å². The quantitative estimate of drug-likeness (QED) is 0.0605. The van der Waals surface area contributed by atoms with Gasteiger partial charge in [0.2, 0.25) is 0 Å². The average Bonchev–Trinajstić information content (AvgIpc) is 4.04. The van der Waals surface area contributed by atoms with Crippen molar-refractivity contribution >= 4 is 44.0 Å². The molecule has 3 saturated heterocycles. The first-order chi connectivity index (χ1) is 35.0. The summed E-state index contributed by atoms with van der Waals surface area (Å²) in [6.07, 6.45) is 12.2. The molecule has 1 spiro atoms. The number of piperidine rings is 1. The third-order valence-corrected chi connectivity index (χ3v) is 18.5. The van der Waals surface area contributed by atoms with Crippen molar-refractivity contribution < 1.29 is 37.5 Å².